The van der Waals surface area contributed by atoms with Gasteiger partial charge in [0.15, 0.2) is 5.12 Å². The number of rotatable bonds is 34. The largest absolute Gasteiger partial charge is 0.378 e. The van der Waals surface area contributed by atoms with Crippen molar-refractivity contribution in [3.05, 3.63) is 0 Å². The average Bonchev–Trinajstić information content (AvgIpc) is 3.66. The van der Waals surface area contributed by atoms with Crippen LogP contribution < -0.4 is 21.3 Å². The molecule has 2 rings (SSSR count). The number of nitrogens with one attached hydrogen (secondary N) is 4. The summed E-state index contributed by atoms with van der Waals surface area (Å²) in [5.41, 5.74) is 0. The Labute approximate surface area is 330 Å². The van der Waals surface area contributed by atoms with Crippen LogP contribution in [0, 0.1) is 5.92 Å². The highest BCUT2D eigenvalue weighted by atomic mass is 32.2. The number of hydrogen-bond donors (Lipinski definition) is 5. The number of hydrogen-bond acceptors (Lipinski definition) is 15. The second-order valence-electron chi connectivity index (χ2n) is 13.3. The van der Waals surface area contributed by atoms with Crippen molar-refractivity contribution in [3.63, 3.8) is 0 Å². The van der Waals surface area contributed by atoms with Crippen LogP contribution in [0.4, 0.5) is 0 Å². The van der Waals surface area contributed by atoms with E-state index in [1.54, 1.807) is 0 Å². The molecule has 17 nitrogen and oxygen atoms in total. The normalized spacial score (nSPS) is 19.0. The fourth-order valence-corrected chi connectivity index (χ4v) is 6.54. The molecule has 19 heteroatoms. The molecule has 4 N–H and O–H groups in total. The number of nitrogens with zero attached hydrogens (tertiary/aromatic N) is 2. The van der Waals surface area contributed by atoms with Crippen molar-refractivity contribution in [2.45, 2.75) is 50.9 Å². The zero-order chi connectivity index (χ0) is 39.4. The first kappa shape index (κ1) is 48.2. The van der Waals surface area contributed by atoms with Gasteiger partial charge in [0, 0.05) is 70.9 Å². The lowest BCUT2D eigenvalue weighted by atomic mass is 10.1. The number of carbonyl (C=O) groups excluding carboxylic acids is 5. The predicted molar refractivity (Wildman–Crippen MR) is 208 cm³/mol. The molecule has 2 aliphatic rings. The fourth-order valence-electron chi connectivity index (χ4n) is 5.44. The molecule has 2 aliphatic heterocycles. The van der Waals surface area contributed by atoms with Crippen molar-refractivity contribution in [1.29, 1.82) is 0 Å². The summed E-state index contributed by atoms with van der Waals surface area (Å²) in [7, 11) is 0. The van der Waals surface area contributed by atoms with Gasteiger partial charge in [-0.1, -0.05) is 20.8 Å². The number of amides is 4. The van der Waals surface area contributed by atoms with Gasteiger partial charge in [-0.2, -0.15) is 0 Å². The van der Waals surface area contributed by atoms with Crippen molar-refractivity contribution in [2.75, 3.05) is 137 Å². The molecule has 0 aliphatic carbocycles. The third-order valence-electron chi connectivity index (χ3n) is 8.19. The Morgan fingerprint density at radius 1 is 0.741 bits per heavy atom. The molecule has 54 heavy (non-hydrogen) atoms. The standard InChI is InChI=1S/C35H64N6O11S2/c1-4-5-38-31(42)24-51-18-16-49-14-12-47-10-6-36-28-22-40(8-9-41-33(44)20-30(35(41)46)54-26-34(45)53)23-29(28)37-7-11-48-13-15-50-17-19-52-25-32(43)39-21-27(2)3/h27-30,36-37H,4-26H2,1-3H3,(H,38,42)(H,39,43)(H,45,53). The summed E-state index contributed by atoms with van der Waals surface area (Å²) in [4.78, 5) is 63.4. The van der Waals surface area contributed by atoms with Crippen LogP contribution >= 0.6 is 24.4 Å². The van der Waals surface area contributed by atoms with E-state index in [1.165, 1.54) is 4.90 Å². The van der Waals surface area contributed by atoms with Crippen molar-refractivity contribution in [3.8, 4) is 0 Å². The van der Waals surface area contributed by atoms with Crippen LogP contribution in [0.3, 0.4) is 0 Å². The minimum absolute atomic E-state index is 0.0162. The van der Waals surface area contributed by atoms with Crippen LogP contribution in [0.25, 0.3) is 0 Å². The van der Waals surface area contributed by atoms with Gasteiger partial charge in [0.1, 0.15) is 13.2 Å². The summed E-state index contributed by atoms with van der Waals surface area (Å²) in [5, 5.41) is 11.8. The highest BCUT2D eigenvalue weighted by molar-refractivity contribution is 8.05. The zero-order valence-electron chi connectivity index (χ0n) is 32.3. The third-order valence-corrected chi connectivity index (χ3v) is 9.76. The average molecular weight is 809 g/mol. The number of carbonyl (C=O) groups is 5. The van der Waals surface area contributed by atoms with Gasteiger partial charge >= 0.3 is 0 Å². The Morgan fingerprint density at radius 2 is 1.24 bits per heavy atom. The quantitative estimate of drug-likeness (QED) is 0.0300. The van der Waals surface area contributed by atoms with Gasteiger partial charge in [-0.05, 0) is 12.3 Å². The Balaban J connectivity index is 1.66. The van der Waals surface area contributed by atoms with Gasteiger partial charge in [-0.15, -0.1) is 24.4 Å². The van der Waals surface area contributed by atoms with Crippen LogP contribution in [0.2, 0.25) is 0 Å². The summed E-state index contributed by atoms with van der Waals surface area (Å²) >= 11 is 4.93. The number of thioether (sulfide) groups is 1. The first-order valence-corrected chi connectivity index (χ1v) is 20.5. The molecule has 0 aromatic rings. The first-order valence-electron chi connectivity index (χ1n) is 19.0. The molecule has 312 valence electrons. The molecule has 4 amide bonds. The summed E-state index contributed by atoms with van der Waals surface area (Å²) in [6.45, 7) is 15.0. The second-order valence-corrected chi connectivity index (χ2v) is 15.0. The van der Waals surface area contributed by atoms with Crippen LogP contribution in [0.15, 0.2) is 0 Å². The lowest BCUT2D eigenvalue weighted by Crippen LogP contribution is -2.48. The molecule has 2 heterocycles. The van der Waals surface area contributed by atoms with E-state index in [0.29, 0.717) is 111 Å². The van der Waals surface area contributed by atoms with Crippen LogP contribution in [0.5, 0.6) is 0 Å². The summed E-state index contributed by atoms with van der Waals surface area (Å²) in [6.07, 6.45) is 0.982. The van der Waals surface area contributed by atoms with Gasteiger partial charge < -0.3 is 49.7 Å². The van der Waals surface area contributed by atoms with Gasteiger partial charge in [0.25, 0.3) is 0 Å². The van der Waals surface area contributed by atoms with E-state index >= 15 is 0 Å². The topological polar surface area (TPSA) is 195 Å². The molecule has 2 fully saturated rings. The Kier molecular flexibility index (Phi) is 27.0. The van der Waals surface area contributed by atoms with E-state index in [0.717, 1.165) is 31.3 Å². The SMILES string of the molecule is CCCNC(=O)COCCOCCOCCNC1CN(CCN2C(=O)CC(SCC(=O)S)C2=O)CC1NCCOCCOCCOCC(=O)NCC(C)C. The van der Waals surface area contributed by atoms with Crippen molar-refractivity contribution in [1.82, 2.24) is 31.1 Å². The maximum absolute atomic E-state index is 12.8. The molecule has 3 unspecified atom stereocenters. The maximum Gasteiger partial charge on any atom is 0.246 e. The minimum atomic E-state index is -0.537. The Bertz CT molecular complexity index is 1100. The van der Waals surface area contributed by atoms with E-state index in [2.05, 4.69) is 38.8 Å². The van der Waals surface area contributed by atoms with Gasteiger partial charge in [0.05, 0.1) is 77.1 Å². The molecule has 0 saturated carbocycles. The van der Waals surface area contributed by atoms with Crippen molar-refractivity contribution < 1.29 is 52.4 Å². The lowest BCUT2D eigenvalue weighted by Gasteiger charge is -2.21. The predicted octanol–water partition coefficient (Wildman–Crippen LogP) is -1.07. The molecule has 0 aromatic heterocycles. The molecular weight excluding hydrogens is 745 g/mol. The second kappa shape index (κ2) is 30.3. The monoisotopic (exact) mass is 808 g/mol. The van der Waals surface area contributed by atoms with Gasteiger partial charge in [-0.25, -0.2) is 0 Å². The minimum Gasteiger partial charge on any atom is -0.378 e. The summed E-state index contributed by atoms with van der Waals surface area (Å²) in [6, 6.07) is 0.198. The van der Waals surface area contributed by atoms with E-state index in [4.69, 9.17) is 28.4 Å². The molecule has 0 bridgehead atoms. The van der Waals surface area contributed by atoms with Crippen molar-refractivity contribution in [2.24, 2.45) is 5.92 Å². The molecule has 0 spiro atoms. The van der Waals surface area contributed by atoms with Crippen LogP contribution in [0.1, 0.15) is 33.6 Å². The van der Waals surface area contributed by atoms with E-state index in [1.807, 2.05) is 20.8 Å². The van der Waals surface area contributed by atoms with Crippen molar-refractivity contribution >= 4 is 53.1 Å². The summed E-state index contributed by atoms with van der Waals surface area (Å²) < 4.78 is 33.1. The highest BCUT2D eigenvalue weighted by Gasteiger charge is 2.40. The van der Waals surface area contributed by atoms with Gasteiger partial charge in [0.2, 0.25) is 23.6 Å². The molecule has 2 saturated heterocycles. The molecular formula is C35H64N6O11S2. The third kappa shape index (κ3) is 22.6. The van der Waals surface area contributed by atoms with E-state index < -0.39 is 5.25 Å². The highest BCUT2D eigenvalue weighted by Crippen LogP contribution is 2.25. The summed E-state index contributed by atoms with van der Waals surface area (Å²) in [5.74, 6) is -0.245. The number of ether oxygens (including phenoxy) is 6. The van der Waals surface area contributed by atoms with Gasteiger partial charge in [-0.3, -0.25) is 33.8 Å². The molecule has 3 atom stereocenters. The Hall–Kier alpha value is -1.91. The lowest BCUT2D eigenvalue weighted by molar-refractivity contribution is -0.138. The Morgan fingerprint density at radius 3 is 1.74 bits per heavy atom. The smallest absolute Gasteiger partial charge is 0.246 e. The first-order chi connectivity index (χ1) is 26.1. The maximum atomic E-state index is 12.8. The number of likely N-dealkylation sites (tertiary alicyclic amines) is 2. The molecule has 0 radical (unpaired) electrons. The van der Waals surface area contributed by atoms with E-state index in [9.17, 15) is 24.0 Å². The number of imide groups is 1. The van der Waals surface area contributed by atoms with E-state index in [-0.39, 0.29) is 66.2 Å². The number of thiol groups is 1. The van der Waals surface area contributed by atoms with Crippen LogP contribution in [-0.4, -0.2) is 193 Å². The zero-order valence-corrected chi connectivity index (χ0v) is 34.0. The molecule has 0 aromatic carbocycles. The van der Waals surface area contributed by atoms with Crippen LogP contribution in [-0.2, 0) is 52.4 Å². The fraction of sp³-hybridized carbons (Fsp3) is 0.857.